The molecule has 70 valence electrons. The maximum absolute atomic E-state index is 5.51. The molecule has 0 fully saturated rings. The molecule has 0 N–H and O–H groups in total. The summed E-state index contributed by atoms with van der Waals surface area (Å²) in [5.74, 6) is 12.2. The lowest BCUT2D eigenvalue weighted by molar-refractivity contribution is 0.992. The molecule has 0 aliphatic heterocycles. The molecule has 14 heavy (non-hydrogen) atoms. The molecule has 0 radical (unpaired) electrons. The Hall–Kier alpha value is -1.37. The van der Waals surface area contributed by atoms with E-state index in [1.807, 2.05) is 30.3 Å². The molecule has 0 saturated carbocycles. The lowest BCUT2D eigenvalue weighted by atomic mass is 10.2. The van der Waals surface area contributed by atoms with E-state index in [4.69, 9.17) is 11.6 Å². The van der Waals surface area contributed by atoms with Crippen LogP contribution in [0.15, 0.2) is 30.3 Å². The Morgan fingerprint density at radius 3 is 2.57 bits per heavy atom. The highest BCUT2D eigenvalue weighted by Gasteiger charge is 1.79. The lowest BCUT2D eigenvalue weighted by Gasteiger charge is -1.83. The molecule has 0 amide bonds. The van der Waals surface area contributed by atoms with Crippen molar-refractivity contribution in [1.29, 1.82) is 0 Å². The van der Waals surface area contributed by atoms with Crippen molar-refractivity contribution >= 4 is 11.6 Å². The summed E-state index contributed by atoms with van der Waals surface area (Å²) in [6.07, 6.45) is 1.76. The van der Waals surface area contributed by atoms with E-state index in [2.05, 4.69) is 23.7 Å². The van der Waals surface area contributed by atoms with Crippen LogP contribution >= 0.6 is 11.6 Å². The third kappa shape index (κ3) is 4.61. The zero-order valence-electron chi connectivity index (χ0n) is 7.89. The fraction of sp³-hybridized carbons (Fsp3) is 0.231. The van der Waals surface area contributed by atoms with Crippen LogP contribution in [-0.4, -0.2) is 5.88 Å². The van der Waals surface area contributed by atoms with Crippen LogP contribution in [0, 0.1) is 23.7 Å². The molecular weight excluding hydrogens is 192 g/mol. The van der Waals surface area contributed by atoms with Crippen molar-refractivity contribution in [3.63, 3.8) is 0 Å². The summed E-state index contributed by atoms with van der Waals surface area (Å²) in [4.78, 5) is 0. The number of halogens is 1. The van der Waals surface area contributed by atoms with Crippen LogP contribution in [0.5, 0.6) is 0 Å². The van der Waals surface area contributed by atoms with Crippen LogP contribution in [0.3, 0.4) is 0 Å². The zero-order valence-corrected chi connectivity index (χ0v) is 8.64. The average Bonchev–Trinajstić information content (AvgIpc) is 2.25. The van der Waals surface area contributed by atoms with Gasteiger partial charge in [0.25, 0.3) is 0 Å². The second kappa shape index (κ2) is 7.07. The van der Waals surface area contributed by atoms with E-state index in [-0.39, 0.29) is 0 Å². The number of alkyl halides is 1. The van der Waals surface area contributed by atoms with Gasteiger partial charge in [-0.3, -0.25) is 0 Å². The highest BCUT2D eigenvalue weighted by atomic mass is 35.5. The topological polar surface area (TPSA) is 0 Å². The van der Waals surface area contributed by atoms with E-state index in [1.165, 1.54) is 0 Å². The Bertz CT molecular complexity index is 370. The monoisotopic (exact) mass is 202 g/mol. The number of hydrogen-bond acceptors (Lipinski definition) is 0. The molecule has 1 aromatic carbocycles. The smallest absolute Gasteiger partial charge is 0.0255 e. The highest BCUT2D eigenvalue weighted by molar-refractivity contribution is 6.17. The number of benzene rings is 1. The normalized spacial score (nSPS) is 8.07. The van der Waals surface area contributed by atoms with Crippen molar-refractivity contribution < 1.29 is 0 Å². The maximum Gasteiger partial charge on any atom is 0.0255 e. The fourth-order valence-corrected chi connectivity index (χ4v) is 1.02. The second-order valence-corrected chi connectivity index (χ2v) is 3.09. The Labute approximate surface area is 90.3 Å². The Balaban J connectivity index is 2.43. The lowest BCUT2D eigenvalue weighted by Crippen LogP contribution is -1.71. The van der Waals surface area contributed by atoms with Crippen LogP contribution in [0.4, 0.5) is 0 Å². The van der Waals surface area contributed by atoms with E-state index in [0.29, 0.717) is 5.88 Å². The van der Waals surface area contributed by atoms with Crippen molar-refractivity contribution in [1.82, 2.24) is 0 Å². The van der Waals surface area contributed by atoms with E-state index in [1.54, 1.807) is 0 Å². The summed E-state index contributed by atoms with van der Waals surface area (Å²) in [5, 5.41) is 0. The molecule has 1 rings (SSSR count). The first-order valence-electron chi connectivity index (χ1n) is 4.53. The van der Waals surface area contributed by atoms with Crippen LogP contribution in [0.1, 0.15) is 18.4 Å². The van der Waals surface area contributed by atoms with Crippen molar-refractivity contribution in [2.75, 3.05) is 5.88 Å². The number of unbranched alkanes of at least 4 members (excludes halogenated alkanes) is 1. The Morgan fingerprint density at radius 1 is 1.07 bits per heavy atom. The molecular formula is C13H11Cl. The average molecular weight is 203 g/mol. The molecule has 1 heteroatoms. The molecule has 0 aromatic heterocycles. The second-order valence-electron chi connectivity index (χ2n) is 2.71. The van der Waals surface area contributed by atoms with Crippen molar-refractivity contribution in [2.45, 2.75) is 12.8 Å². The van der Waals surface area contributed by atoms with Crippen LogP contribution in [0.25, 0.3) is 0 Å². The molecule has 0 nitrogen and oxygen atoms in total. The third-order valence-electron chi connectivity index (χ3n) is 1.57. The SMILES string of the molecule is ClCCCC#CC#Cc1ccccc1. The summed E-state index contributed by atoms with van der Waals surface area (Å²) in [5.41, 5.74) is 0.999. The summed E-state index contributed by atoms with van der Waals surface area (Å²) >= 11 is 5.51. The van der Waals surface area contributed by atoms with Gasteiger partial charge in [-0.25, -0.2) is 0 Å². The van der Waals surface area contributed by atoms with Gasteiger partial charge < -0.3 is 0 Å². The minimum atomic E-state index is 0.667. The minimum Gasteiger partial charge on any atom is -0.127 e. The number of hydrogen-bond donors (Lipinski definition) is 0. The van der Waals surface area contributed by atoms with E-state index in [0.717, 1.165) is 18.4 Å². The van der Waals surface area contributed by atoms with Crippen LogP contribution < -0.4 is 0 Å². The quantitative estimate of drug-likeness (QED) is 0.393. The summed E-state index contributed by atoms with van der Waals surface area (Å²) in [7, 11) is 0. The first-order valence-corrected chi connectivity index (χ1v) is 5.07. The third-order valence-corrected chi connectivity index (χ3v) is 1.83. The Morgan fingerprint density at radius 2 is 1.86 bits per heavy atom. The van der Waals surface area contributed by atoms with Gasteiger partial charge >= 0.3 is 0 Å². The standard InChI is InChI=1S/C13H11Cl/c14-12-8-3-1-2-5-9-13-10-6-4-7-11-13/h4,6-7,10-11H,3,8,12H2. The van der Waals surface area contributed by atoms with Gasteiger partial charge in [0.1, 0.15) is 0 Å². The van der Waals surface area contributed by atoms with E-state index >= 15 is 0 Å². The van der Waals surface area contributed by atoms with Gasteiger partial charge in [0.05, 0.1) is 0 Å². The van der Waals surface area contributed by atoms with Crippen molar-refractivity contribution in [3.8, 4) is 23.7 Å². The highest BCUT2D eigenvalue weighted by Crippen LogP contribution is 1.94. The fourth-order valence-electron chi connectivity index (χ4n) is 0.887. The van der Waals surface area contributed by atoms with Crippen LogP contribution in [-0.2, 0) is 0 Å². The van der Waals surface area contributed by atoms with E-state index in [9.17, 15) is 0 Å². The zero-order chi connectivity index (χ0) is 10.1. The molecule has 1 aromatic rings. The first-order chi connectivity index (χ1) is 6.93. The van der Waals surface area contributed by atoms with Gasteiger partial charge in [0.2, 0.25) is 0 Å². The molecule has 0 heterocycles. The maximum atomic E-state index is 5.51. The molecule has 0 unspecified atom stereocenters. The van der Waals surface area contributed by atoms with Gasteiger partial charge in [-0.1, -0.05) is 30.0 Å². The van der Waals surface area contributed by atoms with Gasteiger partial charge in [-0.2, -0.15) is 0 Å². The summed E-state index contributed by atoms with van der Waals surface area (Å²) in [6, 6.07) is 9.83. The van der Waals surface area contributed by atoms with E-state index < -0.39 is 0 Å². The predicted molar refractivity (Wildman–Crippen MR) is 61.1 cm³/mol. The van der Waals surface area contributed by atoms with Crippen molar-refractivity contribution in [3.05, 3.63) is 35.9 Å². The minimum absolute atomic E-state index is 0.667. The Kier molecular flexibility index (Phi) is 5.41. The van der Waals surface area contributed by atoms with Gasteiger partial charge in [0.15, 0.2) is 0 Å². The molecule has 0 saturated heterocycles. The van der Waals surface area contributed by atoms with Crippen molar-refractivity contribution in [2.24, 2.45) is 0 Å². The molecule has 0 spiro atoms. The molecule has 0 aliphatic carbocycles. The first kappa shape index (κ1) is 10.7. The summed E-state index contributed by atoms with van der Waals surface area (Å²) < 4.78 is 0. The molecule has 0 bridgehead atoms. The van der Waals surface area contributed by atoms with Gasteiger partial charge in [-0.05, 0) is 30.4 Å². The van der Waals surface area contributed by atoms with Gasteiger partial charge in [0, 0.05) is 17.9 Å². The predicted octanol–water partition coefficient (Wildman–Crippen LogP) is 3.06. The number of rotatable bonds is 2. The molecule has 0 atom stereocenters. The largest absolute Gasteiger partial charge is 0.127 e. The van der Waals surface area contributed by atoms with Crippen LogP contribution in [0.2, 0.25) is 0 Å². The summed E-state index contributed by atoms with van der Waals surface area (Å²) in [6.45, 7) is 0. The molecule has 0 aliphatic rings. The van der Waals surface area contributed by atoms with Gasteiger partial charge in [-0.15, -0.1) is 11.6 Å².